The number of nitrogens with two attached hydrogens (primary N) is 1. The number of ether oxygens (including phenoxy) is 1. The minimum atomic E-state index is -1.12. The van der Waals surface area contributed by atoms with E-state index in [1.165, 1.54) is 0 Å². The zero-order valence-electron chi connectivity index (χ0n) is 10.7. The zero-order valence-corrected chi connectivity index (χ0v) is 10.7. The van der Waals surface area contributed by atoms with Crippen molar-refractivity contribution in [2.45, 2.75) is 0 Å². The highest BCUT2D eigenvalue weighted by Gasteiger charge is 2.19. The molecule has 0 unspecified atom stereocenters. The Hall–Kier alpha value is -2.44. The van der Waals surface area contributed by atoms with Crippen LogP contribution in [-0.4, -0.2) is 25.0 Å². The molecular weight excluding hydrogens is 260 g/mol. The number of carbonyl (C=O) groups is 2. The molecule has 2 rings (SSSR count). The van der Waals surface area contributed by atoms with Crippen molar-refractivity contribution >= 4 is 22.7 Å². The van der Waals surface area contributed by atoms with Crippen molar-refractivity contribution in [1.29, 1.82) is 0 Å². The summed E-state index contributed by atoms with van der Waals surface area (Å²) in [4.78, 5) is 27.4. The lowest BCUT2D eigenvalue weighted by Gasteiger charge is -2.07. The Bertz CT molecular complexity index is 622. The number of benzene rings is 2. The van der Waals surface area contributed by atoms with Gasteiger partial charge in [-0.1, -0.05) is 36.4 Å². The molecule has 104 valence electrons. The highest BCUT2D eigenvalue weighted by molar-refractivity contribution is 6.30. The smallest absolute Gasteiger partial charge is 0.417 e. The monoisotopic (exact) mass is 274 g/mol. The van der Waals surface area contributed by atoms with Gasteiger partial charge in [0.05, 0.1) is 0 Å². The van der Waals surface area contributed by atoms with Crippen LogP contribution in [0.15, 0.2) is 42.5 Å². The molecule has 0 aromatic heterocycles. The number of nitrogens with one attached hydrogen (secondary N) is 1. The molecule has 2 aromatic carbocycles. The first-order valence-electron chi connectivity index (χ1n) is 6.06. The van der Waals surface area contributed by atoms with Crippen molar-refractivity contribution in [1.82, 2.24) is 5.48 Å². The van der Waals surface area contributed by atoms with E-state index in [4.69, 9.17) is 10.5 Å². The summed E-state index contributed by atoms with van der Waals surface area (Å²) in [7, 11) is 0. The fourth-order valence-corrected chi connectivity index (χ4v) is 1.64. The maximum atomic E-state index is 11.6. The molecule has 0 saturated carbocycles. The first-order chi connectivity index (χ1) is 9.72. The van der Waals surface area contributed by atoms with Crippen LogP contribution in [0.1, 0.15) is 0 Å². The Morgan fingerprint density at radius 3 is 2.60 bits per heavy atom. The van der Waals surface area contributed by atoms with Crippen molar-refractivity contribution in [3.63, 3.8) is 0 Å². The zero-order chi connectivity index (χ0) is 14.4. The summed E-state index contributed by atoms with van der Waals surface area (Å²) >= 11 is 0. The van der Waals surface area contributed by atoms with Gasteiger partial charge in [-0.15, -0.1) is 0 Å². The van der Waals surface area contributed by atoms with Gasteiger partial charge in [0.2, 0.25) is 0 Å². The van der Waals surface area contributed by atoms with Crippen LogP contribution < -0.4 is 16.0 Å². The predicted molar refractivity (Wildman–Crippen MR) is 72.7 cm³/mol. The van der Waals surface area contributed by atoms with Gasteiger partial charge in [-0.3, -0.25) is 0 Å². The van der Waals surface area contributed by atoms with Gasteiger partial charge >= 0.3 is 11.9 Å². The summed E-state index contributed by atoms with van der Waals surface area (Å²) in [6.07, 6.45) is 0. The van der Waals surface area contributed by atoms with Gasteiger partial charge in [-0.2, -0.15) is 5.48 Å². The van der Waals surface area contributed by atoms with E-state index in [0.29, 0.717) is 5.75 Å². The molecule has 0 saturated heterocycles. The Labute approximate surface area is 115 Å². The molecule has 3 N–H and O–H groups in total. The first kappa shape index (κ1) is 14.0. The molecule has 0 heterocycles. The fraction of sp³-hybridized carbons (Fsp3) is 0.143. The van der Waals surface area contributed by atoms with Crippen molar-refractivity contribution in [3.05, 3.63) is 42.5 Å². The summed E-state index contributed by atoms with van der Waals surface area (Å²) in [5.41, 5.74) is 7.47. The molecule has 0 aliphatic carbocycles. The Morgan fingerprint density at radius 2 is 1.80 bits per heavy atom. The molecule has 0 fully saturated rings. The van der Waals surface area contributed by atoms with Gasteiger partial charge in [-0.05, 0) is 11.5 Å². The number of carbonyl (C=O) groups excluding carboxylic acids is 2. The molecule has 0 atom stereocenters. The van der Waals surface area contributed by atoms with Crippen LogP contribution in [0.5, 0.6) is 5.75 Å². The third-order valence-electron chi connectivity index (χ3n) is 2.53. The molecule has 0 aliphatic heterocycles. The van der Waals surface area contributed by atoms with Crippen LogP contribution in [0.3, 0.4) is 0 Å². The molecule has 6 nitrogen and oxygen atoms in total. The van der Waals surface area contributed by atoms with Gasteiger partial charge in [0.25, 0.3) is 0 Å². The minimum Gasteiger partial charge on any atom is -0.417 e. The topological polar surface area (TPSA) is 90.6 Å². The minimum absolute atomic E-state index is 0.257. The van der Waals surface area contributed by atoms with Crippen molar-refractivity contribution < 1.29 is 19.2 Å². The average molecular weight is 274 g/mol. The van der Waals surface area contributed by atoms with Crippen LogP contribution in [-0.2, 0) is 14.4 Å². The number of hydrogen-bond donors (Lipinski definition) is 2. The average Bonchev–Trinajstić information content (AvgIpc) is 2.47. The molecule has 0 aliphatic rings. The van der Waals surface area contributed by atoms with Gasteiger partial charge < -0.3 is 15.3 Å². The first-order valence-corrected chi connectivity index (χ1v) is 6.06. The second-order valence-electron chi connectivity index (χ2n) is 3.94. The van der Waals surface area contributed by atoms with E-state index in [-0.39, 0.29) is 13.1 Å². The van der Waals surface area contributed by atoms with Crippen LogP contribution in [0.25, 0.3) is 10.8 Å². The van der Waals surface area contributed by atoms with E-state index in [1.807, 2.05) is 24.3 Å². The van der Waals surface area contributed by atoms with Crippen LogP contribution in [0.2, 0.25) is 0 Å². The molecule has 6 heteroatoms. The highest BCUT2D eigenvalue weighted by atomic mass is 16.7. The second-order valence-corrected chi connectivity index (χ2v) is 3.94. The molecule has 0 radical (unpaired) electrons. The van der Waals surface area contributed by atoms with Gasteiger partial charge in [-0.25, -0.2) is 9.59 Å². The summed E-state index contributed by atoms with van der Waals surface area (Å²) in [6.45, 7) is 0.541. The van der Waals surface area contributed by atoms with Gasteiger partial charge in [0.1, 0.15) is 5.75 Å². The summed E-state index contributed by atoms with van der Waals surface area (Å²) in [5, 5.41) is 1.65. The van der Waals surface area contributed by atoms with E-state index in [9.17, 15) is 9.59 Å². The number of rotatable bonds is 4. The maximum Gasteiger partial charge on any atom is 0.436 e. The molecule has 20 heavy (non-hydrogen) atoms. The van der Waals surface area contributed by atoms with Gasteiger partial charge in [0.15, 0.2) is 0 Å². The molecule has 0 amide bonds. The summed E-state index contributed by atoms with van der Waals surface area (Å²) in [5.74, 6) is -1.90. The van der Waals surface area contributed by atoms with E-state index >= 15 is 0 Å². The molecule has 2 aromatic rings. The largest absolute Gasteiger partial charge is 0.436 e. The normalized spacial score (nSPS) is 10.2. The lowest BCUT2D eigenvalue weighted by atomic mass is 10.1. The lowest BCUT2D eigenvalue weighted by molar-refractivity contribution is -0.167. The third kappa shape index (κ3) is 3.31. The lowest BCUT2D eigenvalue weighted by Crippen LogP contribution is -2.31. The van der Waals surface area contributed by atoms with Crippen molar-refractivity contribution in [2.75, 3.05) is 13.1 Å². The van der Waals surface area contributed by atoms with Crippen molar-refractivity contribution in [3.8, 4) is 5.75 Å². The Morgan fingerprint density at radius 1 is 1.05 bits per heavy atom. The summed E-state index contributed by atoms with van der Waals surface area (Å²) < 4.78 is 5.04. The van der Waals surface area contributed by atoms with E-state index in [1.54, 1.807) is 18.2 Å². The number of hydrogen-bond acceptors (Lipinski definition) is 6. The Kier molecular flexibility index (Phi) is 4.65. The Balaban J connectivity index is 2.08. The van der Waals surface area contributed by atoms with Gasteiger partial charge in [0, 0.05) is 18.5 Å². The summed E-state index contributed by atoms with van der Waals surface area (Å²) in [6, 6.07) is 12.6. The second kappa shape index (κ2) is 6.65. The third-order valence-corrected chi connectivity index (χ3v) is 2.53. The van der Waals surface area contributed by atoms with Crippen LogP contribution in [0.4, 0.5) is 0 Å². The maximum absolute atomic E-state index is 11.6. The van der Waals surface area contributed by atoms with E-state index < -0.39 is 11.9 Å². The highest BCUT2D eigenvalue weighted by Crippen LogP contribution is 2.25. The van der Waals surface area contributed by atoms with E-state index in [0.717, 1.165) is 10.8 Å². The molecular formula is C14H14N2O4. The van der Waals surface area contributed by atoms with Crippen molar-refractivity contribution in [2.24, 2.45) is 5.73 Å². The quantitative estimate of drug-likeness (QED) is 0.281. The molecule has 0 spiro atoms. The van der Waals surface area contributed by atoms with Crippen LogP contribution >= 0.6 is 0 Å². The van der Waals surface area contributed by atoms with Crippen LogP contribution in [0, 0.1) is 0 Å². The predicted octanol–water partition coefficient (Wildman–Crippen LogP) is 0.752. The van der Waals surface area contributed by atoms with E-state index in [2.05, 4.69) is 10.3 Å². The SMILES string of the molecule is NCCNOC(=O)C(=O)Oc1cccc2ccccc12. The molecule has 0 bridgehead atoms. The number of esters is 1. The fourth-order valence-electron chi connectivity index (χ4n) is 1.64. The standard InChI is InChI=1S/C14H14N2O4/c15-8-9-16-20-14(18)13(17)19-12-7-3-5-10-4-1-2-6-11(10)12/h1-7,16H,8-9,15H2. The number of hydroxylamine groups is 1. The number of fused-ring (bicyclic) bond motifs is 1.